The molecule has 20 heavy (non-hydrogen) atoms. The van der Waals surface area contributed by atoms with Crippen molar-refractivity contribution in [3.63, 3.8) is 0 Å². The summed E-state index contributed by atoms with van der Waals surface area (Å²) in [4.78, 5) is 4.17. The molecule has 7 nitrogen and oxygen atoms in total. The van der Waals surface area contributed by atoms with Crippen LogP contribution in [0.1, 0.15) is 45.3 Å². The summed E-state index contributed by atoms with van der Waals surface area (Å²) in [5.41, 5.74) is 5.60. The zero-order chi connectivity index (χ0) is 15.2. The van der Waals surface area contributed by atoms with Gasteiger partial charge in [0.1, 0.15) is 0 Å². The molecule has 1 saturated heterocycles. The fourth-order valence-corrected chi connectivity index (χ4v) is 3.68. The van der Waals surface area contributed by atoms with Crippen LogP contribution in [0.5, 0.6) is 0 Å². The second-order valence-electron chi connectivity index (χ2n) is 6.31. The largest absolute Gasteiger partial charge is 0.340 e. The highest BCUT2D eigenvalue weighted by atomic mass is 32.2. The molecule has 1 aliphatic rings. The second-order valence-corrected chi connectivity index (χ2v) is 9.00. The maximum Gasteiger partial charge on any atom is 0.223 e. The molecule has 0 spiro atoms. The number of nitrogens with two attached hydrogens (primary N) is 1. The van der Waals surface area contributed by atoms with Crippen LogP contribution in [0.25, 0.3) is 0 Å². The van der Waals surface area contributed by atoms with Crippen LogP contribution in [0.3, 0.4) is 0 Å². The van der Waals surface area contributed by atoms with Crippen molar-refractivity contribution in [3.05, 3.63) is 11.7 Å². The van der Waals surface area contributed by atoms with Gasteiger partial charge in [-0.15, -0.1) is 0 Å². The van der Waals surface area contributed by atoms with Crippen molar-refractivity contribution in [1.82, 2.24) is 14.4 Å². The highest BCUT2D eigenvalue weighted by Gasteiger charge is 2.42. The Kier molecular flexibility index (Phi) is 3.68. The molecule has 8 heteroatoms. The van der Waals surface area contributed by atoms with Crippen molar-refractivity contribution >= 4 is 10.0 Å². The lowest BCUT2D eigenvalue weighted by molar-refractivity contribution is 0.219. The van der Waals surface area contributed by atoms with Crippen LogP contribution in [0.15, 0.2) is 4.52 Å². The summed E-state index contributed by atoms with van der Waals surface area (Å²) in [6.07, 6.45) is 0.975. The van der Waals surface area contributed by atoms with Gasteiger partial charge in [-0.1, -0.05) is 5.16 Å². The molecule has 1 aromatic rings. The van der Waals surface area contributed by atoms with Gasteiger partial charge in [0.25, 0.3) is 0 Å². The maximum absolute atomic E-state index is 12.4. The van der Waals surface area contributed by atoms with Gasteiger partial charge in [0, 0.05) is 20.0 Å². The zero-order valence-electron chi connectivity index (χ0n) is 12.4. The van der Waals surface area contributed by atoms with Gasteiger partial charge in [0.15, 0.2) is 5.82 Å². The number of sulfonamides is 1. The number of nitrogens with zero attached hydrogens (tertiary/aromatic N) is 3. The van der Waals surface area contributed by atoms with E-state index in [-0.39, 0.29) is 0 Å². The lowest BCUT2D eigenvalue weighted by Crippen LogP contribution is -2.53. The van der Waals surface area contributed by atoms with E-state index in [4.69, 9.17) is 10.3 Å². The average Bonchev–Trinajstić information content (AvgIpc) is 2.76. The molecule has 2 N–H and O–H groups in total. The fourth-order valence-electron chi connectivity index (χ4n) is 2.24. The van der Waals surface area contributed by atoms with Gasteiger partial charge < -0.3 is 10.3 Å². The van der Waals surface area contributed by atoms with Crippen molar-refractivity contribution in [1.29, 1.82) is 0 Å². The Hall–Kier alpha value is -0.990. The van der Waals surface area contributed by atoms with E-state index in [0.29, 0.717) is 37.6 Å². The summed E-state index contributed by atoms with van der Waals surface area (Å²) in [5.74, 6) is 0.928. The van der Waals surface area contributed by atoms with Gasteiger partial charge in [0.2, 0.25) is 15.9 Å². The van der Waals surface area contributed by atoms with E-state index in [2.05, 4.69) is 10.1 Å². The first-order valence-corrected chi connectivity index (χ1v) is 8.10. The molecule has 0 aromatic carbocycles. The predicted octanol–water partition coefficient (Wildman–Crippen LogP) is 0.756. The Morgan fingerprint density at radius 2 is 1.85 bits per heavy atom. The molecular weight excluding hydrogens is 280 g/mol. The second kappa shape index (κ2) is 4.78. The summed E-state index contributed by atoms with van der Waals surface area (Å²) in [6, 6.07) is 0. The number of aromatic nitrogens is 2. The monoisotopic (exact) mass is 302 g/mol. The van der Waals surface area contributed by atoms with Gasteiger partial charge in [0.05, 0.1) is 10.3 Å². The Morgan fingerprint density at radius 1 is 1.30 bits per heavy atom. The van der Waals surface area contributed by atoms with E-state index in [1.165, 1.54) is 4.31 Å². The van der Waals surface area contributed by atoms with E-state index in [1.807, 2.05) is 0 Å². The van der Waals surface area contributed by atoms with Crippen LogP contribution >= 0.6 is 0 Å². The van der Waals surface area contributed by atoms with Crippen LogP contribution in [0, 0.1) is 6.92 Å². The standard InChI is InChI=1S/C12H22N4O3S/c1-9-14-10(15-19-9)12(13)5-7-16(8-6-12)20(17,18)11(2,3)4/h5-8,13H2,1-4H3. The normalized spacial score (nSPS) is 21.1. The van der Waals surface area contributed by atoms with Gasteiger partial charge in [-0.3, -0.25) is 0 Å². The maximum atomic E-state index is 12.4. The topological polar surface area (TPSA) is 102 Å². The first-order chi connectivity index (χ1) is 9.06. The van der Waals surface area contributed by atoms with E-state index in [9.17, 15) is 8.42 Å². The minimum Gasteiger partial charge on any atom is -0.340 e. The zero-order valence-corrected chi connectivity index (χ0v) is 13.2. The number of rotatable bonds is 2. The lowest BCUT2D eigenvalue weighted by Gasteiger charge is -2.39. The molecule has 114 valence electrons. The summed E-state index contributed by atoms with van der Waals surface area (Å²) in [5, 5.41) is 3.87. The van der Waals surface area contributed by atoms with Crippen molar-refractivity contribution in [2.45, 2.75) is 50.8 Å². The van der Waals surface area contributed by atoms with E-state index in [0.717, 1.165) is 0 Å². The third kappa shape index (κ3) is 2.59. The van der Waals surface area contributed by atoms with Gasteiger partial charge >= 0.3 is 0 Å². The minimum atomic E-state index is -3.31. The van der Waals surface area contributed by atoms with Gasteiger partial charge in [-0.2, -0.15) is 4.98 Å². The van der Waals surface area contributed by atoms with Gasteiger partial charge in [-0.25, -0.2) is 12.7 Å². The van der Waals surface area contributed by atoms with Crippen LogP contribution in [0.4, 0.5) is 0 Å². The molecule has 1 aromatic heterocycles. The molecule has 0 saturated carbocycles. The Labute approximate surface area is 119 Å². The van der Waals surface area contributed by atoms with Gasteiger partial charge in [-0.05, 0) is 33.6 Å². The number of hydrogen-bond acceptors (Lipinski definition) is 6. The molecule has 0 amide bonds. The number of hydrogen-bond donors (Lipinski definition) is 1. The van der Waals surface area contributed by atoms with E-state index in [1.54, 1.807) is 27.7 Å². The average molecular weight is 302 g/mol. The fraction of sp³-hybridized carbons (Fsp3) is 0.833. The number of aryl methyl sites for hydroxylation is 1. The molecule has 0 radical (unpaired) electrons. The van der Waals surface area contributed by atoms with Crippen molar-refractivity contribution in [3.8, 4) is 0 Å². The first kappa shape index (κ1) is 15.4. The Morgan fingerprint density at radius 3 is 2.25 bits per heavy atom. The number of piperidine rings is 1. The molecule has 2 rings (SSSR count). The van der Waals surface area contributed by atoms with Crippen LogP contribution < -0.4 is 5.73 Å². The minimum absolute atomic E-state index is 0.379. The molecule has 0 unspecified atom stereocenters. The summed E-state index contributed by atoms with van der Waals surface area (Å²) >= 11 is 0. The lowest BCUT2D eigenvalue weighted by atomic mass is 9.89. The predicted molar refractivity (Wildman–Crippen MR) is 74.4 cm³/mol. The molecule has 0 atom stereocenters. The van der Waals surface area contributed by atoms with E-state index >= 15 is 0 Å². The first-order valence-electron chi connectivity index (χ1n) is 6.66. The van der Waals surface area contributed by atoms with E-state index < -0.39 is 20.3 Å². The summed E-state index contributed by atoms with van der Waals surface area (Å²) in [7, 11) is -3.31. The summed E-state index contributed by atoms with van der Waals surface area (Å²) in [6.45, 7) is 7.58. The Bertz CT molecular complexity index is 580. The van der Waals surface area contributed by atoms with Crippen molar-refractivity contribution in [2.75, 3.05) is 13.1 Å². The summed E-state index contributed by atoms with van der Waals surface area (Å²) < 4.78 is 30.5. The van der Waals surface area contributed by atoms with Crippen molar-refractivity contribution in [2.24, 2.45) is 5.73 Å². The molecular formula is C12H22N4O3S. The Balaban J connectivity index is 2.14. The highest BCUT2D eigenvalue weighted by Crippen LogP contribution is 2.32. The quantitative estimate of drug-likeness (QED) is 0.865. The highest BCUT2D eigenvalue weighted by molar-refractivity contribution is 7.90. The molecule has 1 aliphatic heterocycles. The SMILES string of the molecule is Cc1nc(C2(N)CCN(S(=O)(=O)C(C)(C)C)CC2)no1. The van der Waals surface area contributed by atoms with Crippen LogP contribution in [0.2, 0.25) is 0 Å². The van der Waals surface area contributed by atoms with Crippen LogP contribution in [-0.2, 0) is 15.6 Å². The van der Waals surface area contributed by atoms with Crippen LogP contribution in [-0.4, -0.2) is 40.7 Å². The third-order valence-corrected chi connectivity index (χ3v) is 6.29. The smallest absolute Gasteiger partial charge is 0.223 e. The molecule has 0 bridgehead atoms. The third-order valence-electron chi connectivity index (χ3n) is 3.70. The molecule has 1 fully saturated rings. The molecule has 2 heterocycles. The van der Waals surface area contributed by atoms with Crippen molar-refractivity contribution < 1.29 is 12.9 Å². The molecule has 0 aliphatic carbocycles.